The molecule has 0 aliphatic heterocycles. The highest BCUT2D eigenvalue weighted by Crippen LogP contribution is 1.56. The number of carbonyl (C=O) groups is 1. The van der Waals surface area contributed by atoms with Crippen LogP contribution < -0.4 is 0 Å². The zero-order valence-electron chi connectivity index (χ0n) is 6.53. The molecule has 1 heteroatoms. The van der Waals surface area contributed by atoms with Gasteiger partial charge in [0.25, 0.3) is 0 Å². The standard InChI is InChI=1S/2C3H8.CH2O.CH4/c2*1-3-2;1-2;/h2*3H2,1-2H3;1H2;1H4. The van der Waals surface area contributed by atoms with Crippen LogP contribution in [0.25, 0.3) is 0 Å². The molecular weight excluding hydrogens is 112 g/mol. The second-order valence-corrected chi connectivity index (χ2v) is 1.41. The first-order valence-electron chi connectivity index (χ1n) is 3.12. The number of rotatable bonds is 0. The Bertz CT molecular complexity index is 12.0. The van der Waals surface area contributed by atoms with E-state index in [1.54, 1.807) is 0 Å². The van der Waals surface area contributed by atoms with E-state index in [0.717, 1.165) is 0 Å². The molecular formula is C8H22O. The van der Waals surface area contributed by atoms with Gasteiger partial charge in [0.05, 0.1) is 0 Å². The van der Waals surface area contributed by atoms with Crippen LogP contribution in [0.3, 0.4) is 0 Å². The summed E-state index contributed by atoms with van der Waals surface area (Å²) < 4.78 is 0. The molecule has 0 radical (unpaired) electrons. The van der Waals surface area contributed by atoms with Crippen molar-refractivity contribution in [3.8, 4) is 0 Å². The molecule has 0 aliphatic carbocycles. The molecule has 0 fully saturated rings. The van der Waals surface area contributed by atoms with Crippen molar-refractivity contribution < 1.29 is 4.79 Å². The Morgan fingerprint density at radius 2 is 0.889 bits per heavy atom. The minimum absolute atomic E-state index is 0. The zero-order valence-corrected chi connectivity index (χ0v) is 6.53. The summed E-state index contributed by atoms with van der Waals surface area (Å²) in [5.41, 5.74) is 0. The molecule has 0 saturated heterocycles. The van der Waals surface area contributed by atoms with Gasteiger partial charge in [0.2, 0.25) is 0 Å². The van der Waals surface area contributed by atoms with E-state index >= 15 is 0 Å². The van der Waals surface area contributed by atoms with E-state index in [-0.39, 0.29) is 7.43 Å². The van der Waals surface area contributed by atoms with Gasteiger partial charge in [-0.2, -0.15) is 0 Å². The molecule has 9 heavy (non-hydrogen) atoms. The van der Waals surface area contributed by atoms with E-state index < -0.39 is 0 Å². The molecule has 0 saturated carbocycles. The van der Waals surface area contributed by atoms with Gasteiger partial charge in [-0.1, -0.05) is 48.0 Å². The lowest BCUT2D eigenvalue weighted by Crippen LogP contribution is -1.27. The number of hydrogen-bond donors (Lipinski definition) is 0. The first-order chi connectivity index (χ1) is 3.83. The van der Waals surface area contributed by atoms with Crippen LogP contribution in [0.5, 0.6) is 0 Å². The van der Waals surface area contributed by atoms with Crippen molar-refractivity contribution in [1.82, 2.24) is 0 Å². The lowest BCUT2D eigenvalue weighted by atomic mass is 10.6. The van der Waals surface area contributed by atoms with E-state index in [1.807, 2.05) is 6.79 Å². The fourth-order valence-corrected chi connectivity index (χ4v) is 0. The van der Waals surface area contributed by atoms with Crippen molar-refractivity contribution in [2.24, 2.45) is 0 Å². The Kier molecular flexibility index (Phi) is 318. The molecule has 0 amide bonds. The summed E-state index contributed by atoms with van der Waals surface area (Å²) >= 11 is 0. The van der Waals surface area contributed by atoms with Crippen LogP contribution in [0, 0.1) is 0 Å². The fourth-order valence-electron chi connectivity index (χ4n) is 0. The Balaban J connectivity index is -0.0000000202. The molecule has 0 spiro atoms. The van der Waals surface area contributed by atoms with Crippen LogP contribution in [0.15, 0.2) is 0 Å². The largest absolute Gasteiger partial charge is 0.307 e. The third-order valence-electron chi connectivity index (χ3n) is 0. The van der Waals surface area contributed by atoms with Crippen molar-refractivity contribution in [2.75, 3.05) is 0 Å². The maximum atomic E-state index is 8.00. The first kappa shape index (κ1) is 23.4. The minimum atomic E-state index is 0. The van der Waals surface area contributed by atoms with Crippen molar-refractivity contribution in [3.63, 3.8) is 0 Å². The van der Waals surface area contributed by atoms with Gasteiger partial charge < -0.3 is 4.79 Å². The second-order valence-electron chi connectivity index (χ2n) is 1.41. The summed E-state index contributed by atoms with van der Waals surface area (Å²) in [6.07, 6.45) is 2.50. The summed E-state index contributed by atoms with van der Waals surface area (Å²) in [6.45, 7) is 10.5. The summed E-state index contributed by atoms with van der Waals surface area (Å²) in [5, 5.41) is 0. The lowest BCUT2D eigenvalue weighted by Gasteiger charge is -1.48. The van der Waals surface area contributed by atoms with Gasteiger partial charge >= 0.3 is 0 Å². The molecule has 0 rings (SSSR count). The van der Waals surface area contributed by atoms with Crippen LogP contribution in [0.1, 0.15) is 48.0 Å². The number of hydrogen-bond acceptors (Lipinski definition) is 1. The van der Waals surface area contributed by atoms with E-state index in [2.05, 4.69) is 27.7 Å². The van der Waals surface area contributed by atoms with E-state index in [0.29, 0.717) is 0 Å². The van der Waals surface area contributed by atoms with E-state index in [1.165, 1.54) is 12.8 Å². The third-order valence-corrected chi connectivity index (χ3v) is 0. The highest BCUT2D eigenvalue weighted by molar-refractivity contribution is 5.10. The van der Waals surface area contributed by atoms with Gasteiger partial charge in [0.15, 0.2) is 0 Å². The SMILES string of the molecule is C.C=O.CCC.CCC. The summed E-state index contributed by atoms with van der Waals surface area (Å²) in [6, 6.07) is 0. The van der Waals surface area contributed by atoms with Crippen LogP contribution in [0.4, 0.5) is 0 Å². The van der Waals surface area contributed by atoms with Crippen molar-refractivity contribution in [2.45, 2.75) is 48.0 Å². The molecule has 1 nitrogen and oxygen atoms in total. The molecule has 0 aromatic heterocycles. The molecule has 60 valence electrons. The van der Waals surface area contributed by atoms with Crippen LogP contribution in [0.2, 0.25) is 0 Å². The van der Waals surface area contributed by atoms with Gasteiger partial charge in [0.1, 0.15) is 6.79 Å². The smallest absolute Gasteiger partial charge is 0.106 e. The van der Waals surface area contributed by atoms with Crippen LogP contribution in [-0.2, 0) is 4.79 Å². The fraction of sp³-hybridized carbons (Fsp3) is 0.875. The topological polar surface area (TPSA) is 17.1 Å². The number of carbonyl (C=O) groups excluding carboxylic acids is 1. The zero-order chi connectivity index (χ0) is 7.41. The maximum absolute atomic E-state index is 8.00. The molecule has 0 aromatic carbocycles. The van der Waals surface area contributed by atoms with Crippen LogP contribution in [-0.4, -0.2) is 6.79 Å². The molecule has 0 aromatic rings. The molecule has 0 atom stereocenters. The molecule has 0 heterocycles. The first-order valence-corrected chi connectivity index (χ1v) is 3.12. The van der Waals surface area contributed by atoms with Gasteiger partial charge in [-0.3, -0.25) is 0 Å². The monoisotopic (exact) mass is 134 g/mol. The Hall–Kier alpha value is -0.330. The van der Waals surface area contributed by atoms with Crippen LogP contribution >= 0.6 is 0 Å². The summed E-state index contributed by atoms with van der Waals surface area (Å²) in [7, 11) is 0. The molecule has 0 aliphatic rings. The maximum Gasteiger partial charge on any atom is 0.106 e. The van der Waals surface area contributed by atoms with Crippen molar-refractivity contribution >= 4 is 6.79 Å². The quantitative estimate of drug-likeness (QED) is 0.497. The van der Waals surface area contributed by atoms with Crippen molar-refractivity contribution in [1.29, 1.82) is 0 Å². The molecule has 0 N–H and O–H groups in total. The minimum Gasteiger partial charge on any atom is -0.307 e. The Labute approximate surface area is 60.5 Å². The van der Waals surface area contributed by atoms with Gasteiger partial charge in [0, 0.05) is 0 Å². The lowest BCUT2D eigenvalue weighted by molar-refractivity contribution is -0.0979. The summed E-state index contributed by atoms with van der Waals surface area (Å²) in [5.74, 6) is 0. The second kappa shape index (κ2) is 122. The Morgan fingerprint density at radius 1 is 0.889 bits per heavy atom. The predicted molar refractivity (Wildman–Crippen MR) is 45.8 cm³/mol. The normalized spacial score (nSPS) is 4.44. The molecule has 0 bridgehead atoms. The predicted octanol–water partition coefficient (Wildman–Crippen LogP) is 3.28. The van der Waals surface area contributed by atoms with E-state index in [9.17, 15) is 0 Å². The van der Waals surface area contributed by atoms with E-state index in [4.69, 9.17) is 4.79 Å². The highest BCUT2D eigenvalue weighted by atomic mass is 16.1. The van der Waals surface area contributed by atoms with Gasteiger partial charge in [-0.15, -0.1) is 0 Å². The third kappa shape index (κ3) is 2260. The van der Waals surface area contributed by atoms with Gasteiger partial charge in [-0.25, -0.2) is 0 Å². The Morgan fingerprint density at radius 3 is 0.889 bits per heavy atom. The average Bonchev–Trinajstić information content (AvgIpc) is 1.75. The summed E-state index contributed by atoms with van der Waals surface area (Å²) in [4.78, 5) is 8.00. The molecule has 0 unspecified atom stereocenters. The van der Waals surface area contributed by atoms with Crippen molar-refractivity contribution in [3.05, 3.63) is 0 Å². The van der Waals surface area contributed by atoms with Gasteiger partial charge in [-0.05, 0) is 0 Å². The highest BCUT2D eigenvalue weighted by Gasteiger charge is 1.36. The average molecular weight is 134 g/mol.